The number of hydrogen-bond acceptors (Lipinski definition) is 1. The largest absolute Gasteiger partial charge is 0.317 e. The highest BCUT2D eigenvalue weighted by Gasteiger charge is 2.10. The number of nitrogens with one attached hydrogen (secondary N) is 1. The van der Waals surface area contributed by atoms with Crippen molar-refractivity contribution in [1.82, 2.24) is 5.32 Å². The molecule has 0 aromatic rings. The molecule has 1 heteroatoms. The van der Waals surface area contributed by atoms with Gasteiger partial charge in [0.1, 0.15) is 0 Å². The first-order valence-corrected chi connectivity index (χ1v) is 9.22. The first kappa shape index (κ1) is 17.8. The van der Waals surface area contributed by atoms with E-state index in [-0.39, 0.29) is 0 Å². The summed E-state index contributed by atoms with van der Waals surface area (Å²) in [6.07, 6.45) is 22.1. The smallest absolute Gasteiger partial charge is 0.0101 e. The molecule has 0 aliphatic heterocycles. The molecular weight excluding hydrogens is 242 g/mol. The molecule has 0 amide bonds. The molecule has 1 unspecified atom stereocenters. The molecule has 1 rings (SSSR count). The average molecular weight is 280 g/mol. The quantitative estimate of drug-likeness (QED) is 0.341. The third-order valence-corrected chi connectivity index (χ3v) is 4.71. The standard InChI is InChI=1S/C19H37N/c1-3-4-5-6-7-8-9-13-16-19(20-2)17-18-14-11-10-12-15-18/h14,19-20H,3-13,15-17H2,1-2H3. The monoisotopic (exact) mass is 279 g/mol. The van der Waals surface area contributed by atoms with Crippen molar-refractivity contribution in [2.45, 2.75) is 103 Å². The molecule has 0 fully saturated rings. The highest BCUT2D eigenvalue weighted by atomic mass is 14.9. The second-order valence-corrected chi connectivity index (χ2v) is 6.56. The molecule has 1 aliphatic rings. The van der Waals surface area contributed by atoms with E-state index in [1.54, 1.807) is 5.57 Å². The van der Waals surface area contributed by atoms with Crippen molar-refractivity contribution < 1.29 is 0 Å². The normalized spacial score (nSPS) is 17.0. The fourth-order valence-electron chi connectivity index (χ4n) is 3.28. The molecule has 1 nitrogen and oxygen atoms in total. The fraction of sp³-hybridized carbons (Fsp3) is 0.895. The summed E-state index contributed by atoms with van der Waals surface area (Å²) in [5.41, 5.74) is 1.72. The van der Waals surface area contributed by atoms with E-state index in [9.17, 15) is 0 Å². The first-order chi connectivity index (χ1) is 9.86. The molecule has 0 heterocycles. The van der Waals surface area contributed by atoms with Crippen molar-refractivity contribution in [2.24, 2.45) is 0 Å². The average Bonchev–Trinajstić information content (AvgIpc) is 2.49. The second-order valence-electron chi connectivity index (χ2n) is 6.56. The number of allylic oxidation sites excluding steroid dienone is 1. The van der Waals surface area contributed by atoms with Crippen LogP contribution in [-0.4, -0.2) is 13.1 Å². The van der Waals surface area contributed by atoms with E-state index in [0.29, 0.717) is 0 Å². The van der Waals surface area contributed by atoms with E-state index in [2.05, 4.69) is 25.4 Å². The van der Waals surface area contributed by atoms with E-state index >= 15 is 0 Å². The maximum atomic E-state index is 3.53. The Bertz CT molecular complexity index is 244. The predicted octanol–water partition coefficient (Wildman–Crippen LogP) is 6.00. The summed E-state index contributed by atoms with van der Waals surface area (Å²) in [4.78, 5) is 0. The lowest BCUT2D eigenvalue weighted by molar-refractivity contribution is 0.468. The molecule has 0 radical (unpaired) electrons. The summed E-state index contributed by atoms with van der Waals surface area (Å²) in [5.74, 6) is 0. The number of rotatable bonds is 12. The molecule has 1 aliphatic carbocycles. The predicted molar refractivity (Wildman–Crippen MR) is 91.2 cm³/mol. The van der Waals surface area contributed by atoms with Gasteiger partial charge in [-0.15, -0.1) is 0 Å². The van der Waals surface area contributed by atoms with Crippen molar-refractivity contribution in [1.29, 1.82) is 0 Å². The maximum absolute atomic E-state index is 3.53. The van der Waals surface area contributed by atoms with Crippen LogP contribution in [0, 0.1) is 0 Å². The molecule has 0 saturated heterocycles. The number of hydrogen-bond donors (Lipinski definition) is 1. The van der Waals surface area contributed by atoms with Crippen LogP contribution in [0.15, 0.2) is 11.6 Å². The van der Waals surface area contributed by atoms with E-state index in [0.717, 1.165) is 6.04 Å². The van der Waals surface area contributed by atoms with E-state index < -0.39 is 0 Å². The van der Waals surface area contributed by atoms with Crippen LogP contribution >= 0.6 is 0 Å². The van der Waals surface area contributed by atoms with Crippen LogP contribution in [0.4, 0.5) is 0 Å². The molecule has 0 spiro atoms. The van der Waals surface area contributed by atoms with Crippen molar-refractivity contribution in [3.63, 3.8) is 0 Å². The van der Waals surface area contributed by atoms with Gasteiger partial charge in [-0.2, -0.15) is 0 Å². The zero-order chi connectivity index (χ0) is 14.5. The lowest BCUT2D eigenvalue weighted by Crippen LogP contribution is -2.25. The van der Waals surface area contributed by atoms with Crippen molar-refractivity contribution in [2.75, 3.05) is 7.05 Å². The Morgan fingerprint density at radius 2 is 1.70 bits per heavy atom. The minimum atomic E-state index is 0.722. The van der Waals surface area contributed by atoms with Crippen LogP contribution in [0.5, 0.6) is 0 Å². The van der Waals surface area contributed by atoms with Crippen LogP contribution in [0.3, 0.4) is 0 Å². The summed E-state index contributed by atoms with van der Waals surface area (Å²) >= 11 is 0. The maximum Gasteiger partial charge on any atom is 0.0101 e. The Kier molecular flexibility index (Phi) is 11.0. The molecule has 1 N–H and O–H groups in total. The summed E-state index contributed by atoms with van der Waals surface area (Å²) < 4.78 is 0. The summed E-state index contributed by atoms with van der Waals surface area (Å²) in [6.45, 7) is 2.29. The first-order valence-electron chi connectivity index (χ1n) is 9.22. The highest BCUT2D eigenvalue weighted by molar-refractivity contribution is 5.06. The van der Waals surface area contributed by atoms with Gasteiger partial charge >= 0.3 is 0 Å². The zero-order valence-corrected chi connectivity index (χ0v) is 14.1. The highest BCUT2D eigenvalue weighted by Crippen LogP contribution is 2.23. The zero-order valence-electron chi connectivity index (χ0n) is 14.1. The van der Waals surface area contributed by atoms with Crippen LogP contribution < -0.4 is 5.32 Å². The lowest BCUT2D eigenvalue weighted by atomic mass is 9.92. The van der Waals surface area contributed by atoms with Crippen molar-refractivity contribution >= 4 is 0 Å². The molecule has 118 valence electrons. The SMILES string of the molecule is CCCCCCCCCCC(CC1=CCCCC1)NC. The van der Waals surface area contributed by atoms with Gasteiger partial charge in [0, 0.05) is 6.04 Å². The van der Waals surface area contributed by atoms with Crippen molar-refractivity contribution in [3.05, 3.63) is 11.6 Å². The Labute approximate surface area is 127 Å². The van der Waals surface area contributed by atoms with Crippen LogP contribution in [0.1, 0.15) is 96.8 Å². The van der Waals surface area contributed by atoms with Crippen LogP contribution in [0.25, 0.3) is 0 Å². The lowest BCUT2D eigenvalue weighted by Gasteiger charge is -2.20. The Morgan fingerprint density at radius 3 is 2.30 bits per heavy atom. The van der Waals surface area contributed by atoms with Gasteiger partial charge in [0.25, 0.3) is 0 Å². The topological polar surface area (TPSA) is 12.0 Å². The number of unbranched alkanes of at least 4 members (excludes halogenated alkanes) is 7. The summed E-state index contributed by atoms with van der Waals surface area (Å²) in [6, 6.07) is 0.722. The Morgan fingerprint density at radius 1 is 1.00 bits per heavy atom. The summed E-state index contributed by atoms with van der Waals surface area (Å²) in [5, 5.41) is 3.53. The van der Waals surface area contributed by atoms with Gasteiger partial charge in [0.05, 0.1) is 0 Å². The van der Waals surface area contributed by atoms with E-state index in [1.807, 2.05) is 0 Å². The summed E-state index contributed by atoms with van der Waals surface area (Å²) in [7, 11) is 2.14. The van der Waals surface area contributed by atoms with Gasteiger partial charge in [-0.25, -0.2) is 0 Å². The van der Waals surface area contributed by atoms with Gasteiger partial charge < -0.3 is 5.32 Å². The molecule has 0 aromatic heterocycles. The molecule has 0 bridgehead atoms. The molecular formula is C19H37N. The van der Waals surface area contributed by atoms with Gasteiger partial charge in [0.2, 0.25) is 0 Å². The van der Waals surface area contributed by atoms with Gasteiger partial charge in [-0.05, 0) is 45.6 Å². The molecule has 0 aromatic carbocycles. The fourth-order valence-corrected chi connectivity index (χ4v) is 3.28. The van der Waals surface area contributed by atoms with E-state index in [4.69, 9.17) is 0 Å². The molecule has 0 saturated carbocycles. The second kappa shape index (κ2) is 12.4. The van der Waals surface area contributed by atoms with Gasteiger partial charge in [-0.3, -0.25) is 0 Å². The molecule has 20 heavy (non-hydrogen) atoms. The van der Waals surface area contributed by atoms with Crippen LogP contribution in [0.2, 0.25) is 0 Å². The van der Waals surface area contributed by atoms with E-state index in [1.165, 1.54) is 89.9 Å². The van der Waals surface area contributed by atoms with Crippen molar-refractivity contribution in [3.8, 4) is 0 Å². The minimum Gasteiger partial charge on any atom is -0.317 e. The van der Waals surface area contributed by atoms with Gasteiger partial charge in [0.15, 0.2) is 0 Å². The van der Waals surface area contributed by atoms with Crippen LogP contribution in [-0.2, 0) is 0 Å². The molecule has 1 atom stereocenters. The Balaban J connectivity index is 1.99. The van der Waals surface area contributed by atoms with Gasteiger partial charge in [-0.1, -0.05) is 69.9 Å². The Hall–Kier alpha value is -0.300. The third kappa shape index (κ3) is 8.79. The minimum absolute atomic E-state index is 0.722. The third-order valence-electron chi connectivity index (χ3n) is 4.71.